The van der Waals surface area contributed by atoms with Gasteiger partial charge in [0.05, 0.1) is 35.3 Å². The summed E-state index contributed by atoms with van der Waals surface area (Å²) in [6.45, 7) is 7.20. The van der Waals surface area contributed by atoms with Crippen molar-refractivity contribution in [2.24, 2.45) is 0 Å². The highest BCUT2D eigenvalue weighted by Crippen LogP contribution is 2.39. The Hall–Kier alpha value is -3.98. The fourth-order valence-corrected chi connectivity index (χ4v) is 4.83. The first-order chi connectivity index (χ1) is 16.2. The van der Waals surface area contributed by atoms with Crippen LogP contribution in [-0.4, -0.2) is 38.7 Å². The number of methoxy groups -OCH3 is 1. The van der Waals surface area contributed by atoms with E-state index in [-0.39, 0.29) is 11.3 Å². The highest BCUT2D eigenvalue weighted by molar-refractivity contribution is 7.15. The zero-order valence-corrected chi connectivity index (χ0v) is 20.3. The molecule has 0 aliphatic rings. The number of thiazole rings is 1. The monoisotopic (exact) mass is 476 g/mol. The molecule has 2 aromatic carbocycles. The fourth-order valence-electron chi connectivity index (χ4n) is 3.77. The van der Waals surface area contributed by atoms with Crippen molar-refractivity contribution in [3.05, 3.63) is 69.9 Å². The molecule has 0 unspecified atom stereocenters. The molecule has 2 aromatic heterocycles. The number of anilines is 2. The first-order valence-electron chi connectivity index (χ1n) is 10.5. The quantitative estimate of drug-likeness (QED) is 0.336. The summed E-state index contributed by atoms with van der Waals surface area (Å²) in [4.78, 5) is 29.5. The molecule has 0 fully saturated rings. The van der Waals surface area contributed by atoms with Crippen LogP contribution in [0.2, 0.25) is 0 Å². The Balaban J connectivity index is 1.97. The van der Waals surface area contributed by atoms with Crippen LogP contribution in [0.1, 0.15) is 43.9 Å². The Morgan fingerprint density at radius 2 is 1.85 bits per heavy atom. The summed E-state index contributed by atoms with van der Waals surface area (Å²) in [5.74, 6) is -0.205. The number of rotatable bonds is 7. The largest absolute Gasteiger partial charge is 0.497 e. The molecule has 0 saturated heterocycles. The first-order valence-corrected chi connectivity index (χ1v) is 11.4. The van der Waals surface area contributed by atoms with Gasteiger partial charge in [0.15, 0.2) is 5.78 Å². The molecule has 0 bridgehead atoms. The SMILES string of the molecule is COc1ccc(Nc2c(-c3nc(C(C)=O)c(C)s3)c(C)nn2-c2ccccc2C)c(C(=O)O)c1. The molecular weight excluding hydrogens is 452 g/mol. The molecule has 34 heavy (non-hydrogen) atoms. The number of nitrogens with zero attached hydrogens (tertiary/aromatic N) is 3. The topological polar surface area (TPSA) is 106 Å². The van der Waals surface area contributed by atoms with Crippen molar-refractivity contribution >= 4 is 34.6 Å². The van der Waals surface area contributed by atoms with Crippen molar-refractivity contribution in [3.8, 4) is 22.0 Å². The Morgan fingerprint density at radius 3 is 2.47 bits per heavy atom. The predicted octanol–water partition coefficient (Wildman–Crippen LogP) is 5.57. The van der Waals surface area contributed by atoms with Crippen molar-refractivity contribution in [2.45, 2.75) is 27.7 Å². The van der Waals surface area contributed by atoms with Crippen LogP contribution in [0.5, 0.6) is 5.75 Å². The highest BCUT2D eigenvalue weighted by Gasteiger charge is 2.25. The number of aromatic nitrogens is 3. The zero-order valence-electron chi connectivity index (χ0n) is 19.5. The summed E-state index contributed by atoms with van der Waals surface area (Å²) in [7, 11) is 1.49. The minimum absolute atomic E-state index is 0.0558. The Labute approximate surface area is 200 Å². The molecule has 0 aliphatic heterocycles. The van der Waals surface area contributed by atoms with Gasteiger partial charge in [-0.3, -0.25) is 4.79 Å². The number of nitrogens with one attached hydrogen (secondary N) is 1. The van der Waals surface area contributed by atoms with Gasteiger partial charge < -0.3 is 15.2 Å². The molecule has 4 rings (SSSR count). The van der Waals surface area contributed by atoms with Crippen molar-refractivity contribution in [3.63, 3.8) is 0 Å². The van der Waals surface area contributed by atoms with E-state index in [4.69, 9.17) is 9.84 Å². The maximum absolute atomic E-state index is 12.1. The van der Waals surface area contributed by atoms with Crippen molar-refractivity contribution in [1.29, 1.82) is 0 Å². The molecule has 9 heteroatoms. The summed E-state index contributed by atoms with van der Waals surface area (Å²) < 4.78 is 6.96. The third-order valence-corrected chi connectivity index (χ3v) is 6.45. The van der Waals surface area contributed by atoms with Gasteiger partial charge in [-0.25, -0.2) is 14.5 Å². The number of carbonyl (C=O) groups is 2. The van der Waals surface area contributed by atoms with E-state index in [1.807, 2.05) is 45.0 Å². The second-order valence-corrected chi connectivity index (χ2v) is 9.03. The van der Waals surface area contributed by atoms with Gasteiger partial charge in [-0.2, -0.15) is 5.10 Å². The lowest BCUT2D eigenvalue weighted by atomic mass is 10.1. The molecule has 2 heterocycles. The Kier molecular flexibility index (Phi) is 6.21. The standard InChI is InChI=1S/C25H24N4O4S/c1-13-8-6-7-9-20(13)29-23(26-19-11-10-17(33-5)12-18(19)25(31)32)21(14(2)28-29)24-27-22(15(3)30)16(4)34-24/h6-12,26H,1-5H3,(H,31,32). The summed E-state index contributed by atoms with van der Waals surface area (Å²) in [6.07, 6.45) is 0. The van der Waals surface area contributed by atoms with E-state index in [0.717, 1.165) is 16.1 Å². The van der Waals surface area contributed by atoms with Crippen LogP contribution >= 0.6 is 11.3 Å². The van der Waals surface area contributed by atoms with Gasteiger partial charge in [0.2, 0.25) is 0 Å². The number of hydrogen-bond donors (Lipinski definition) is 2. The predicted molar refractivity (Wildman–Crippen MR) is 132 cm³/mol. The van der Waals surface area contributed by atoms with Crippen molar-refractivity contribution < 1.29 is 19.4 Å². The van der Waals surface area contributed by atoms with Crippen LogP contribution in [0.3, 0.4) is 0 Å². The number of ketones is 1. The van der Waals surface area contributed by atoms with Gasteiger partial charge in [0.25, 0.3) is 0 Å². The van der Waals surface area contributed by atoms with Gasteiger partial charge in [0, 0.05) is 11.8 Å². The lowest BCUT2D eigenvalue weighted by molar-refractivity contribution is 0.0697. The molecule has 0 amide bonds. The second kappa shape index (κ2) is 9.11. The van der Waals surface area contributed by atoms with Crippen LogP contribution in [0.15, 0.2) is 42.5 Å². The number of carboxylic acid groups (broad SMARTS) is 1. The van der Waals surface area contributed by atoms with Crippen molar-refractivity contribution in [2.75, 3.05) is 12.4 Å². The van der Waals surface area contributed by atoms with Crippen molar-refractivity contribution in [1.82, 2.24) is 14.8 Å². The van der Waals surface area contributed by atoms with Crippen LogP contribution in [-0.2, 0) is 0 Å². The van der Waals surface area contributed by atoms with Gasteiger partial charge in [0.1, 0.15) is 22.3 Å². The fraction of sp³-hybridized carbons (Fsp3) is 0.200. The van der Waals surface area contributed by atoms with E-state index in [1.165, 1.54) is 31.4 Å². The number of carboxylic acids is 1. The van der Waals surface area contributed by atoms with Gasteiger partial charge >= 0.3 is 5.97 Å². The number of Topliss-reactive ketones (excluding diaryl/α,β-unsaturated/α-hetero) is 1. The molecule has 2 N–H and O–H groups in total. The zero-order chi connectivity index (χ0) is 24.6. The molecule has 4 aromatic rings. The second-order valence-electron chi connectivity index (χ2n) is 7.83. The van der Waals surface area contributed by atoms with E-state index in [2.05, 4.69) is 10.3 Å². The van der Waals surface area contributed by atoms with Crippen LogP contribution < -0.4 is 10.1 Å². The minimum atomic E-state index is -1.09. The average Bonchev–Trinajstić information content (AvgIpc) is 3.33. The minimum Gasteiger partial charge on any atom is -0.497 e. The molecule has 0 saturated carbocycles. The highest BCUT2D eigenvalue weighted by atomic mass is 32.1. The number of hydrogen-bond acceptors (Lipinski definition) is 7. The Morgan fingerprint density at radius 1 is 1.12 bits per heavy atom. The van der Waals surface area contributed by atoms with Gasteiger partial charge in [-0.05, 0) is 50.6 Å². The first kappa shape index (κ1) is 23.2. The normalized spacial score (nSPS) is 10.9. The summed E-state index contributed by atoms with van der Waals surface area (Å²) in [5.41, 5.74) is 4.09. The van der Waals surface area contributed by atoms with Crippen LogP contribution in [0.4, 0.5) is 11.5 Å². The number of aromatic carboxylic acids is 1. The molecule has 174 valence electrons. The van der Waals surface area contributed by atoms with Gasteiger partial charge in [-0.1, -0.05) is 18.2 Å². The molecule has 0 spiro atoms. The van der Waals surface area contributed by atoms with Crippen LogP contribution in [0, 0.1) is 20.8 Å². The van der Waals surface area contributed by atoms with E-state index >= 15 is 0 Å². The molecule has 0 aliphatic carbocycles. The number of para-hydroxylation sites is 1. The van der Waals surface area contributed by atoms with E-state index < -0.39 is 5.97 Å². The van der Waals surface area contributed by atoms with E-state index in [1.54, 1.807) is 16.8 Å². The van der Waals surface area contributed by atoms with E-state index in [9.17, 15) is 14.7 Å². The number of ether oxygens (including phenoxy) is 1. The summed E-state index contributed by atoms with van der Waals surface area (Å²) in [5, 5.41) is 18.5. The lowest BCUT2D eigenvalue weighted by Crippen LogP contribution is -2.08. The third-order valence-electron chi connectivity index (χ3n) is 5.46. The average molecular weight is 477 g/mol. The Bertz CT molecular complexity index is 1420. The molecule has 0 atom stereocenters. The summed E-state index contributed by atoms with van der Waals surface area (Å²) in [6, 6.07) is 12.6. The molecule has 0 radical (unpaired) electrons. The molecular formula is C25H24N4O4S. The number of benzene rings is 2. The molecule has 8 nitrogen and oxygen atoms in total. The maximum atomic E-state index is 12.1. The lowest BCUT2D eigenvalue weighted by Gasteiger charge is -2.15. The third kappa shape index (κ3) is 4.17. The van der Waals surface area contributed by atoms with Gasteiger partial charge in [-0.15, -0.1) is 11.3 Å². The maximum Gasteiger partial charge on any atom is 0.337 e. The smallest absolute Gasteiger partial charge is 0.337 e. The van der Waals surface area contributed by atoms with E-state index in [0.29, 0.717) is 39.2 Å². The summed E-state index contributed by atoms with van der Waals surface area (Å²) >= 11 is 1.40. The number of aryl methyl sites for hydroxylation is 3. The van der Waals surface area contributed by atoms with Crippen LogP contribution in [0.25, 0.3) is 16.3 Å². The number of carbonyl (C=O) groups excluding carboxylic acids is 1.